The lowest BCUT2D eigenvalue weighted by atomic mass is 10.0. The monoisotopic (exact) mass is 478 g/mol. The number of carbonyl (C=O) groups excluding carboxylic acids is 3. The maximum Gasteiger partial charge on any atom is 0.239 e. The highest BCUT2D eigenvalue weighted by Crippen LogP contribution is 2.24. The summed E-state index contributed by atoms with van der Waals surface area (Å²) in [5.74, 6) is 0.612. The van der Waals surface area contributed by atoms with Crippen molar-refractivity contribution in [2.45, 2.75) is 38.8 Å². The molecule has 2 aliphatic heterocycles. The van der Waals surface area contributed by atoms with Gasteiger partial charge >= 0.3 is 0 Å². The zero-order valence-corrected chi connectivity index (χ0v) is 20.1. The highest BCUT2D eigenvalue weighted by molar-refractivity contribution is 5.87. The highest BCUT2D eigenvalue weighted by atomic mass is 16.5. The predicted molar refractivity (Wildman–Crippen MR) is 133 cm³/mol. The smallest absolute Gasteiger partial charge is 0.239 e. The van der Waals surface area contributed by atoms with Gasteiger partial charge in [-0.25, -0.2) is 0 Å². The van der Waals surface area contributed by atoms with Crippen molar-refractivity contribution in [3.8, 4) is 5.75 Å². The van der Waals surface area contributed by atoms with Gasteiger partial charge in [-0.05, 0) is 36.5 Å². The molecule has 0 bridgehead atoms. The Morgan fingerprint density at radius 2 is 1.66 bits per heavy atom. The zero-order chi connectivity index (χ0) is 24.5. The van der Waals surface area contributed by atoms with E-state index in [1.54, 1.807) is 4.90 Å². The molecular formula is C27H34N4O4. The number of benzene rings is 2. The number of nitrogens with one attached hydrogen (secondary N) is 2. The van der Waals surface area contributed by atoms with Gasteiger partial charge in [0.1, 0.15) is 5.75 Å². The highest BCUT2D eigenvalue weighted by Gasteiger charge is 2.22. The molecule has 0 saturated carbocycles. The Labute approximate surface area is 206 Å². The van der Waals surface area contributed by atoms with Crippen LogP contribution in [0.2, 0.25) is 0 Å². The van der Waals surface area contributed by atoms with E-state index in [0.29, 0.717) is 39.3 Å². The van der Waals surface area contributed by atoms with Gasteiger partial charge in [-0.2, -0.15) is 0 Å². The number of fused-ring (bicyclic) bond motifs is 1. The molecule has 186 valence electrons. The standard InChI is InChI=1S/C27H34N4O4/c32-25-19-30(17-21-7-3-1-4-8-21)18-23-15-22(16-27(34)31-13-12-29-26(33)20-31)9-10-24(23)35-14-6-2-5-11-28-25/h1,3-4,7-10,15H,2,5-6,11-14,16-20H2,(H,28,32)(H,29,33). The fraction of sp³-hybridized carbons (Fsp3) is 0.444. The molecular weight excluding hydrogens is 444 g/mol. The molecule has 0 atom stereocenters. The zero-order valence-electron chi connectivity index (χ0n) is 20.1. The summed E-state index contributed by atoms with van der Waals surface area (Å²) in [6, 6.07) is 16.0. The van der Waals surface area contributed by atoms with Gasteiger partial charge in [-0.15, -0.1) is 0 Å². The molecule has 2 N–H and O–H groups in total. The van der Waals surface area contributed by atoms with E-state index in [2.05, 4.69) is 27.7 Å². The lowest BCUT2D eigenvalue weighted by Crippen LogP contribution is -2.50. The molecule has 4 rings (SSSR count). The van der Waals surface area contributed by atoms with Crippen molar-refractivity contribution in [3.63, 3.8) is 0 Å². The Balaban J connectivity index is 1.55. The van der Waals surface area contributed by atoms with E-state index in [9.17, 15) is 14.4 Å². The molecule has 2 aromatic rings. The first kappa shape index (κ1) is 24.7. The SMILES string of the molecule is O=C1CN(Cc2ccccc2)Cc2cc(CC(=O)N3CCNC(=O)C3)ccc2OCCCCCN1. The average Bonchev–Trinajstić information content (AvgIpc) is 2.86. The second kappa shape index (κ2) is 12.4. The molecule has 0 unspecified atom stereocenters. The van der Waals surface area contributed by atoms with Crippen molar-refractivity contribution in [2.75, 3.05) is 39.3 Å². The van der Waals surface area contributed by atoms with Crippen LogP contribution in [0.25, 0.3) is 0 Å². The van der Waals surface area contributed by atoms with Crippen molar-refractivity contribution in [1.82, 2.24) is 20.4 Å². The fourth-order valence-electron chi connectivity index (χ4n) is 4.47. The Hall–Kier alpha value is -3.39. The third-order valence-electron chi connectivity index (χ3n) is 6.28. The van der Waals surface area contributed by atoms with Crippen LogP contribution in [-0.2, 0) is 33.9 Å². The second-order valence-electron chi connectivity index (χ2n) is 9.17. The quantitative estimate of drug-likeness (QED) is 0.700. The van der Waals surface area contributed by atoms with E-state index in [1.165, 1.54) is 0 Å². The number of carbonyl (C=O) groups is 3. The summed E-state index contributed by atoms with van der Waals surface area (Å²) in [6.45, 7) is 3.82. The predicted octanol–water partition coefficient (Wildman–Crippen LogP) is 1.87. The summed E-state index contributed by atoms with van der Waals surface area (Å²) < 4.78 is 6.14. The van der Waals surface area contributed by atoms with Gasteiger partial charge in [0, 0.05) is 38.3 Å². The van der Waals surface area contributed by atoms with Crippen LogP contribution >= 0.6 is 0 Å². The molecule has 0 spiro atoms. The van der Waals surface area contributed by atoms with E-state index in [4.69, 9.17) is 4.74 Å². The summed E-state index contributed by atoms with van der Waals surface area (Å²) in [7, 11) is 0. The Bertz CT molecular complexity index is 1030. The molecule has 2 heterocycles. The maximum absolute atomic E-state index is 12.8. The number of hydrogen-bond acceptors (Lipinski definition) is 5. The van der Waals surface area contributed by atoms with Crippen LogP contribution in [0.15, 0.2) is 48.5 Å². The summed E-state index contributed by atoms with van der Waals surface area (Å²) in [5.41, 5.74) is 2.95. The molecule has 0 radical (unpaired) electrons. The number of rotatable bonds is 4. The molecule has 0 aliphatic carbocycles. The van der Waals surface area contributed by atoms with Gasteiger partial charge < -0.3 is 20.3 Å². The molecule has 2 aliphatic rings. The first-order valence-electron chi connectivity index (χ1n) is 12.4. The first-order valence-corrected chi connectivity index (χ1v) is 12.4. The van der Waals surface area contributed by atoms with Gasteiger partial charge in [0.15, 0.2) is 0 Å². The van der Waals surface area contributed by atoms with Crippen LogP contribution < -0.4 is 15.4 Å². The lowest BCUT2D eigenvalue weighted by Gasteiger charge is -2.27. The molecule has 8 nitrogen and oxygen atoms in total. The van der Waals surface area contributed by atoms with Crippen LogP contribution in [0.4, 0.5) is 0 Å². The molecule has 2 aromatic carbocycles. The topological polar surface area (TPSA) is 91.0 Å². The Morgan fingerprint density at radius 1 is 0.857 bits per heavy atom. The van der Waals surface area contributed by atoms with E-state index >= 15 is 0 Å². The summed E-state index contributed by atoms with van der Waals surface area (Å²) in [4.78, 5) is 40.9. The van der Waals surface area contributed by atoms with Gasteiger partial charge in [-0.1, -0.05) is 42.5 Å². The number of piperazine rings is 1. The van der Waals surface area contributed by atoms with E-state index < -0.39 is 0 Å². The number of hydrogen-bond donors (Lipinski definition) is 2. The normalized spacial score (nSPS) is 18.1. The van der Waals surface area contributed by atoms with Crippen LogP contribution in [-0.4, -0.2) is 66.9 Å². The fourth-order valence-corrected chi connectivity index (χ4v) is 4.47. The van der Waals surface area contributed by atoms with Gasteiger partial charge in [0.2, 0.25) is 17.7 Å². The average molecular weight is 479 g/mol. The van der Waals surface area contributed by atoms with Crippen LogP contribution in [0.1, 0.15) is 36.0 Å². The van der Waals surface area contributed by atoms with E-state index in [0.717, 1.165) is 41.7 Å². The molecule has 1 fully saturated rings. The largest absolute Gasteiger partial charge is 0.493 e. The van der Waals surface area contributed by atoms with Gasteiger partial charge in [0.05, 0.1) is 26.1 Å². The van der Waals surface area contributed by atoms with Crippen LogP contribution in [0, 0.1) is 0 Å². The third kappa shape index (κ3) is 7.55. The van der Waals surface area contributed by atoms with Gasteiger partial charge in [-0.3, -0.25) is 19.3 Å². The van der Waals surface area contributed by atoms with Crippen molar-refractivity contribution in [1.29, 1.82) is 0 Å². The molecule has 0 aromatic heterocycles. The van der Waals surface area contributed by atoms with E-state index in [1.807, 2.05) is 36.4 Å². The summed E-state index contributed by atoms with van der Waals surface area (Å²) in [5, 5.41) is 5.78. The van der Waals surface area contributed by atoms with Crippen molar-refractivity contribution >= 4 is 17.7 Å². The number of nitrogens with zero attached hydrogens (tertiary/aromatic N) is 2. The minimum absolute atomic E-state index is 0.0114. The maximum atomic E-state index is 12.8. The first-order chi connectivity index (χ1) is 17.1. The molecule has 8 heteroatoms. The molecule has 1 saturated heterocycles. The third-order valence-corrected chi connectivity index (χ3v) is 6.28. The van der Waals surface area contributed by atoms with E-state index in [-0.39, 0.29) is 37.2 Å². The number of ether oxygens (including phenoxy) is 1. The second-order valence-corrected chi connectivity index (χ2v) is 9.17. The van der Waals surface area contributed by atoms with Crippen LogP contribution in [0.5, 0.6) is 5.75 Å². The van der Waals surface area contributed by atoms with Crippen molar-refractivity contribution < 1.29 is 19.1 Å². The minimum Gasteiger partial charge on any atom is -0.493 e. The summed E-state index contributed by atoms with van der Waals surface area (Å²) >= 11 is 0. The van der Waals surface area contributed by atoms with Crippen LogP contribution in [0.3, 0.4) is 0 Å². The molecule has 3 amide bonds. The van der Waals surface area contributed by atoms with Crippen molar-refractivity contribution in [3.05, 3.63) is 65.2 Å². The minimum atomic E-state index is -0.124. The van der Waals surface area contributed by atoms with Gasteiger partial charge in [0.25, 0.3) is 0 Å². The number of amides is 3. The van der Waals surface area contributed by atoms with Crippen molar-refractivity contribution in [2.24, 2.45) is 0 Å². The summed E-state index contributed by atoms with van der Waals surface area (Å²) in [6.07, 6.45) is 3.05. The Kier molecular flexibility index (Phi) is 8.73. The Morgan fingerprint density at radius 3 is 2.49 bits per heavy atom. The molecule has 35 heavy (non-hydrogen) atoms. The lowest BCUT2D eigenvalue weighted by molar-refractivity contribution is -0.137.